The molecule has 0 aliphatic heterocycles. The van der Waals surface area contributed by atoms with Gasteiger partial charge in [-0.1, -0.05) is 29.8 Å². The Hall–Kier alpha value is -1.56. The van der Waals surface area contributed by atoms with Crippen LogP contribution in [0.4, 0.5) is 5.69 Å². The number of carbonyl (C=O) groups is 2. The van der Waals surface area contributed by atoms with Gasteiger partial charge < -0.3 is 16.0 Å². The number of amides is 2. The molecular formula is C15H22BrN3O2. The van der Waals surface area contributed by atoms with Gasteiger partial charge in [-0.25, -0.2) is 0 Å². The van der Waals surface area contributed by atoms with Crippen molar-refractivity contribution in [3.63, 3.8) is 0 Å². The summed E-state index contributed by atoms with van der Waals surface area (Å²) in [4.78, 5) is 25.9. The molecule has 0 aliphatic carbocycles. The third-order valence-corrected chi connectivity index (χ3v) is 3.43. The van der Waals surface area contributed by atoms with Crippen molar-refractivity contribution in [2.45, 2.75) is 26.7 Å². The lowest BCUT2D eigenvalue weighted by Gasteiger charge is -2.22. The minimum Gasteiger partial charge on any atom is -0.398 e. The van der Waals surface area contributed by atoms with E-state index in [0.717, 1.165) is 17.3 Å². The molecule has 1 aromatic carbocycles. The van der Waals surface area contributed by atoms with Gasteiger partial charge in [-0.15, -0.1) is 0 Å². The topological polar surface area (TPSA) is 75.4 Å². The fourth-order valence-corrected chi connectivity index (χ4v) is 2.26. The van der Waals surface area contributed by atoms with Crippen LogP contribution in [0.25, 0.3) is 0 Å². The normalized spacial score (nSPS) is 10.2. The van der Waals surface area contributed by atoms with Gasteiger partial charge in [-0.05, 0) is 31.0 Å². The molecule has 1 aromatic rings. The van der Waals surface area contributed by atoms with E-state index >= 15 is 0 Å². The average molecular weight is 356 g/mol. The fourth-order valence-electron chi connectivity index (χ4n) is 1.90. The van der Waals surface area contributed by atoms with Crippen LogP contribution in [0.3, 0.4) is 0 Å². The number of hydrogen-bond acceptors (Lipinski definition) is 3. The quantitative estimate of drug-likeness (QED) is 0.737. The maximum atomic E-state index is 12.6. The molecule has 0 saturated carbocycles. The molecule has 0 radical (unpaired) electrons. The summed E-state index contributed by atoms with van der Waals surface area (Å²) < 4.78 is 0.784. The number of nitrogens with zero attached hydrogens (tertiary/aromatic N) is 1. The molecule has 3 N–H and O–H groups in total. The van der Waals surface area contributed by atoms with E-state index in [1.165, 1.54) is 4.90 Å². The van der Waals surface area contributed by atoms with Crippen molar-refractivity contribution < 1.29 is 9.59 Å². The van der Waals surface area contributed by atoms with Gasteiger partial charge in [0.05, 0.1) is 12.1 Å². The highest BCUT2D eigenvalue weighted by Crippen LogP contribution is 2.20. The summed E-state index contributed by atoms with van der Waals surface area (Å²) in [5, 5.41) is 2.78. The zero-order chi connectivity index (χ0) is 15.8. The number of carbonyl (C=O) groups excluding carboxylic acids is 2. The van der Waals surface area contributed by atoms with Crippen LogP contribution >= 0.6 is 15.9 Å². The molecule has 0 heterocycles. The second-order valence-electron chi connectivity index (χ2n) is 4.81. The Morgan fingerprint density at radius 1 is 1.29 bits per heavy atom. The van der Waals surface area contributed by atoms with Crippen LogP contribution in [0.15, 0.2) is 22.7 Å². The van der Waals surface area contributed by atoms with Gasteiger partial charge in [-0.2, -0.15) is 0 Å². The largest absolute Gasteiger partial charge is 0.398 e. The highest BCUT2D eigenvalue weighted by Gasteiger charge is 2.20. The number of hydrogen-bond donors (Lipinski definition) is 2. The zero-order valence-corrected chi connectivity index (χ0v) is 14.1. The Morgan fingerprint density at radius 2 is 2.00 bits per heavy atom. The van der Waals surface area contributed by atoms with Gasteiger partial charge in [-0.3, -0.25) is 9.59 Å². The molecule has 5 nitrogen and oxygen atoms in total. The Kier molecular flexibility index (Phi) is 7.22. The molecule has 0 unspecified atom stereocenters. The molecule has 2 amide bonds. The minimum atomic E-state index is -0.220. The van der Waals surface area contributed by atoms with E-state index < -0.39 is 0 Å². The molecule has 6 heteroatoms. The molecule has 0 bridgehead atoms. The molecule has 0 saturated heterocycles. The van der Waals surface area contributed by atoms with Crippen molar-refractivity contribution in [1.29, 1.82) is 0 Å². The van der Waals surface area contributed by atoms with Gasteiger partial charge in [0.25, 0.3) is 5.91 Å². The van der Waals surface area contributed by atoms with Crippen LogP contribution < -0.4 is 11.1 Å². The number of anilines is 1. The van der Waals surface area contributed by atoms with Crippen LogP contribution in [0, 0.1) is 0 Å². The molecule has 1 rings (SSSR count). The summed E-state index contributed by atoms with van der Waals surface area (Å²) in [5.41, 5.74) is 6.70. The highest BCUT2D eigenvalue weighted by molar-refractivity contribution is 9.10. The van der Waals surface area contributed by atoms with E-state index in [2.05, 4.69) is 21.2 Å². The summed E-state index contributed by atoms with van der Waals surface area (Å²) in [5.74, 6) is -0.366. The van der Waals surface area contributed by atoms with Crippen molar-refractivity contribution in [2.24, 2.45) is 0 Å². The van der Waals surface area contributed by atoms with Crippen molar-refractivity contribution in [3.8, 4) is 0 Å². The monoisotopic (exact) mass is 355 g/mol. The number of nitrogens with two attached hydrogens (primary N) is 1. The van der Waals surface area contributed by atoms with E-state index in [4.69, 9.17) is 5.73 Å². The number of nitrogen functional groups attached to an aromatic ring is 1. The summed E-state index contributed by atoms with van der Waals surface area (Å²) in [6.07, 6.45) is 1.65. The van der Waals surface area contributed by atoms with Crippen LogP contribution in [-0.4, -0.2) is 36.3 Å². The maximum absolute atomic E-state index is 12.6. The molecule has 0 atom stereocenters. The van der Waals surface area contributed by atoms with Gasteiger partial charge in [0.2, 0.25) is 5.91 Å². The van der Waals surface area contributed by atoms with Crippen molar-refractivity contribution in [1.82, 2.24) is 10.2 Å². The molecular weight excluding hydrogens is 334 g/mol. The van der Waals surface area contributed by atoms with E-state index in [1.54, 1.807) is 18.2 Å². The lowest BCUT2D eigenvalue weighted by Crippen LogP contribution is -2.41. The van der Waals surface area contributed by atoms with Gasteiger partial charge >= 0.3 is 0 Å². The average Bonchev–Trinajstić information content (AvgIpc) is 2.46. The second kappa shape index (κ2) is 8.67. The third-order valence-electron chi connectivity index (χ3n) is 2.93. The van der Waals surface area contributed by atoms with E-state index in [-0.39, 0.29) is 18.4 Å². The Bertz CT molecular complexity index is 506. The van der Waals surface area contributed by atoms with Crippen LogP contribution in [0.1, 0.15) is 37.0 Å². The Morgan fingerprint density at radius 3 is 2.62 bits per heavy atom. The number of nitrogens with one attached hydrogen (secondary N) is 1. The maximum Gasteiger partial charge on any atom is 0.256 e. The minimum absolute atomic E-state index is 0.0542. The lowest BCUT2D eigenvalue weighted by molar-refractivity contribution is -0.121. The molecule has 0 aromatic heterocycles. The third kappa shape index (κ3) is 5.38. The Balaban J connectivity index is 2.86. The number of benzene rings is 1. The van der Waals surface area contributed by atoms with Gasteiger partial charge in [0.15, 0.2) is 0 Å². The second-order valence-corrected chi connectivity index (χ2v) is 5.72. The van der Waals surface area contributed by atoms with E-state index in [0.29, 0.717) is 24.3 Å². The summed E-state index contributed by atoms with van der Waals surface area (Å²) in [6.45, 7) is 5.14. The summed E-state index contributed by atoms with van der Waals surface area (Å²) in [6, 6.07) is 5.15. The zero-order valence-electron chi connectivity index (χ0n) is 12.5. The molecule has 21 heavy (non-hydrogen) atoms. The van der Waals surface area contributed by atoms with Gasteiger partial charge in [0, 0.05) is 23.2 Å². The molecule has 0 spiro atoms. The first kappa shape index (κ1) is 17.5. The molecule has 116 valence electrons. The first-order valence-corrected chi connectivity index (χ1v) is 7.89. The molecule has 0 aliphatic rings. The number of rotatable bonds is 7. The summed E-state index contributed by atoms with van der Waals surface area (Å²) >= 11 is 3.33. The van der Waals surface area contributed by atoms with Crippen LogP contribution in [0.5, 0.6) is 0 Å². The number of halogens is 1. The van der Waals surface area contributed by atoms with Crippen molar-refractivity contribution in [3.05, 3.63) is 28.2 Å². The first-order valence-electron chi connectivity index (χ1n) is 7.10. The predicted molar refractivity (Wildman–Crippen MR) is 88.0 cm³/mol. The predicted octanol–water partition coefficient (Wildman–Crippen LogP) is 2.41. The van der Waals surface area contributed by atoms with E-state index in [1.807, 2.05) is 13.8 Å². The Labute approximate surface area is 134 Å². The van der Waals surface area contributed by atoms with Crippen LogP contribution in [0.2, 0.25) is 0 Å². The van der Waals surface area contributed by atoms with Crippen molar-refractivity contribution in [2.75, 3.05) is 25.4 Å². The molecule has 0 fully saturated rings. The van der Waals surface area contributed by atoms with Crippen molar-refractivity contribution >= 4 is 33.4 Å². The first-order chi connectivity index (χ1) is 9.99. The van der Waals surface area contributed by atoms with E-state index in [9.17, 15) is 9.59 Å². The highest BCUT2D eigenvalue weighted by atomic mass is 79.9. The van der Waals surface area contributed by atoms with Crippen LogP contribution in [-0.2, 0) is 4.79 Å². The van der Waals surface area contributed by atoms with Gasteiger partial charge in [0.1, 0.15) is 0 Å². The lowest BCUT2D eigenvalue weighted by atomic mass is 10.1. The SMILES string of the molecule is CCCNC(=O)CN(CCC)C(=O)c1cc(Br)ccc1N. The summed E-state index contributed by atoms with van der Waals surface area (Å²) in [7, 11) is 0. The fraction of sp³-hybridized carbons (Fsp3) is 0.467. The standard InChI is InChI=1S/C15H22BrN3O2/c1-3-7-18-14(20)10-19(8-4-2)15(21)12-9-11(16)5-6-13(12)17/h5-6,9H,3-4,7-8,10,17H2,1-2H3,(H,18,20). The smallest absolute Gasteiger partial charge is 0.256 e.